The van der Waals surface area contributed by atoms with Gasteiger partial charge in [0.15, 0.2) is 0 Å². The Morgan fingerprint density at radius 1 is 1.67 bits per heavy atom. The Labute approximate surface area is 108 Å². The summed E-state index contributed by atoms with van der Waals surface area (Å²) in [7, 11) is 0. The Morgan fingerprint density at radius 2 is 2.50 bits per heavy atom. The van der Waals surface area contributed by atoms with Gasteiger partial charge >= 0.3 is 0 Å². The van der Waals surface area contributed by atoms with Crippen LogP contribution in [0, 0.1) is 5.92 Å². The van der Waals surface area contributed by atoms with Gasteiger partial charge < -0.3 is 15.2 Å². The molecule has 18 heavy (non-hydrogen) atoms. The fourth-order valence-electron chi connectivity index (χ4n) is 2.26. The predicted molar refractivity (Wildman–Crippen MR) is 69.9 cm³/mol. The average molecular weight is 250 g/mol. The highest BCUT2D eigenvalue weighted by Crippen LogP contribution is 2.06. The molecule has 5 heteroatoms. The molecule has 0 aliphatic carbocycles. The third kappa shape index (κ3) is 3.32. The first-order valence-corrected chi connectivity index (χ1v) is 6.68. The maximum absolute atomic E-state index is 11.9. The summed E-state index contributed by atoms with van der Waals surface area (Å²) in [6.45, 7) is 6.74. The molecule has 1 saturated heterocycles. The Kier molecular flexibility index (Phi) is 4.36. The number of imidazole rings is 1. The fourth-order valence-corrected chi connectivity index (χ4v) is 2.26. The van der Waals surface area contributed by atoms with Crippen LogP contribution in [0.5, 0.6) is 0 Å². The second-order valence-corrected chi connectivity index (χ2v) is 5.26. The van der Waals surface area contributed by atoms with Crippen LogP contribution < -0.4 is 10.6 Å². The highest BCUT2D eigenvalue weighted by molar-refractivity contribution is 5.81. The minimum Gasteiger partial charge on any atom is -0.348 e. The second kappa shape index (κ2) is 6.00. The van der Waals surface area contributed by atoms with Crippen LogP contribution in [0.25, 0.3) is 0 Å². The van der Waals surface area contributed by atoms with Crippen LogP contribution in [-0.2, 0) is 17.9 Å². The van der Waals surface area contributed by atoms with Crippen LogP contribution in [0.4, 0.5) is 0 Å². The van der Waals surface area contributed by atoms with E-state index >= 15 is 0 Å². The molecule has 0 unspecified atom stereocenters. The molecule has 2 N–H and O–H groups in total. The number of nitrogens with one attached hydrogen (secondary N) is 2. The molecule has 1 aliphatic rings. The van der Waals surface area contributed by atoms with Crippen molar-refractivity contribution in [2.24, 2.45) is 5.92 Å². The molecule has 0 bridgehead atoms. The van der Waals surface area contributed by atoms with Crippen LogP contribution in [0.1, 0.15) is 32.5 Å². The van der Waals surface area contributed by atoms with E-state index in [-0.39, 0.29) is 11.9 Å². The van der Waals surface area contributed by atoms with Crippen LogP contribution >= 0.6 is 0 Å². The van der Waals surface area contributed by atoms with Crippen molar-refractivity contribution in [3.05, 3.63) is 18.2 Å². The molecular formula is C13H22N4O. The van der Waals surface area contributed by atoms with Gasteiger partial charge in [-0.3, -0.25) is 4.79 Å². The maximum atomic E-state index is 11.9. The van der Waals surface area contributed by atoms with Crippen molar-refractivity contribution >= 4 is 5.91 Å². The molecule has 1 aromatic rings. The Hall–Kier alpha value is -1.36. The van der Waals surface area contributed by atoms with Crippen LogP contribution in [0.3, 0.4) is 0 Å². The van der Waals surface area contributed by atoms with Crippen molar-refractivity contribution < 1.29 is 4.79 Å². The molecule has 2 rings (SSSR count). The number of amides is 1. The lowest BCUT2D eigenvalue weighted by atomic mass is 10.2. The smallest absolute Gasteiger partial charge is 0.237 e. The highest BCUT2D eigenvalue weighted by atomic mass is 16.2. The first kappa shape index (κ1) is 13.1. The SMILES string of the molecule is CC(C)Cn1ccnc1CNC(=O)[C@@H]1CCCN1. The van der Waals surface area contributed by atoms with E-state index in [1.165, 1.54) is 0 Å². The molecule has 100 valence electrons. The summed E-state index contributed by atoms with van der Waals surface area (Å²) in [5, 5.41) is 6.15. The lowest BCUT2D eigenvalue weighted by Gasteiger charge is -2.13. The van der Waals surface area contributed by atoms with Crippen molar-refractivity contribution in [3.8, 4) is 0 Å². The van der Waals surface area contributed by atoms with Crippen molar-refractivity contribution in [1.82, 2.24) is 20.2 Å². The fraction of sp³-hybridized carbons (Fsp3) is 0.692. The summed E-state index contributed by atoms with van der Waals surface area (Å²) in [5.74, 6) is 1.59. The Balaban J connectivity index is 1.85. The largest absolute Gasteiger partial charge is 0.348 e. The van der Waals surface area contributed by atoms with Gasteiger partial charge in [0.05, 0.1) is 12.6 Å². The van der Waals surface area contributed by atoms with Gasteiger partial charge in [-0.15, -0.1) is 0 Å². The van der Waals surface area contributed by atoms with Gasteiger partial charge in [-0.05, 0) is 25.3 Å². The summed E-state index contributed by atoms with van der Waals surface area (Å²) in [5.41, 5.74) is 0. The van der Waals surface area contributed by atoms with Gasteiger partial charge in [0.25, 0.3) is 0 Å². The van der Waals surface area contributed by atoms with E-state index in [4.69, 9.17) is 0 Å². The number of carbonyl (C=O) groups is 1. The van der Waals surface area contributed by atoms with E-state index in [0.29, 0.717) is 12.5 Å². The minimum absolute atomic E-state index is 0.0153. The van der Waals surface area contributed by atoms with Gasteiger partial charge in [-0.25, -0.2) is 4.98 Å². The van der Waals surface area contributed by atoms with E-state index in [0.717, 1.165) is 31.8 Å². The van der Waals surface area contributed by atoms with Crippen molar-refractivity contribution in [2.75, 3.05) is 6.54 Å². The molecule has 0 saturated carbocycles. The summed E-state index contributed by atoms with van der Waals surface area (Å²) in [6, 6.07) is -0.0153. The van der Waals surface area contributed by atoms with Gasteiger partial charge in [0.1, 0.15) is 5.82 Å². The number of nitrogens with zero attached hydrogens (tertiary/aromatic N) is 2. The summed E-state index contributed by atoms with van der Waals surface area (Å²) >= 11 is 0. The lowest BCUT2D eigenvalue weighted by molar-refractivity contribution is -0.123. The van der Waals surface area contributed by atoms with Crippen molar-refractivity contribution in [2.45, 2.75) is 45.8 Å². The molecule has 2 heterocycles. The maximum Gasteiger partial charge on any atom is 0.237 e. The average Bonchev–Trinajstić information content (AvgIpc) is 2.95. The van der Waals surface area contributed by atoms with Crippen LogP contribution in [0.15, 0.2) is 12.4 Å². The van der Waals surface area contributed by atoms with Crippen LogP contribution in [0.2, 0.25) is 0 Å². The molecule has 1 fully saturated rings. The molecule has 1 aromatic heterocycles. The Morgan fingerprint density at radius 3 is 3.17 bits per heavy atom. The van der Waals surface area contributed by atoms with Gasteiger partial charge in [-0.1, -0.05) is 13.8 Å². The summed E-state index contributed by atoms with van der Waals surface area (Å²) < 4.78 is 2.10. The normalized spacial score (nSPS) is 19.4. The number of aromatic nitrogens is 2. The number of hydrogen-bond donors (Lipinski definition) is 2. The first-order valence-electron chi connectivity index (χ1n) is 6.68. The molecule has 0 spiro atoms. The van der Waals surface area contributed by atoms with Crippen molar-refractivity contribution in [3.63, 3.8) is 0 Å². The minimum atomic E-state index is -0.0153. The van der Waals surface area contributed by atoms with Gasteiger partial charge in [-0.2, -0.15) is 0 Å². The molecule has 0 radical (unpaired) electrons. The molecule has 1 amide bonds. The molecule has 0 aromatic carbocycles. The zero-order valence-electron chi connectivity index (χ0n) is 11.1. The number of rotatable bonds is 5. The van der Waals surface area contributed by atoms with E-state index in [9.17, 15) is 4.79 Å². The van der Waals surface area contributed by atoms with E-state index in [2.05, 4.69) is 34.0 Å². The first-order chi connectivity index (χ1) is 8.66. The third-order valence-electron chi connectivity index (χ3n) is 3.16. The molecule has 1 atom stereocenters. The number of carbonyl (C=O) groups excluding carboxylic acids is 1. The summed E-state index contributed by atoms with van der Waals surface area (Å²) in [6.07, 6.45) is 5.78. The monoisotopic (exact) mass is 250 g/mol. The third-order valence-corrected chi connectivity index (χ3v) is 3.16. The van der Waals surface area contributed by atoms with Gasteiger partial charge in [0, 0.05) is 18.9 Å². The highest BCUT2D eigenvalue weighted by Gasteiger charge is 2.21. The van der Waals surface area contributed by atoms with Crippen molar-refractivity contribution in [1.29, 1.82) is 0 Å². The van der Waals surface area contributed by atoms with E-state index < -0.39 is 0 Å². The zero-order valence-corrected chi connectivity index (χ0v) is 11.1. The van der Waals surface area contributed by atoms with E-state index in [1.807, 2.05) is 6.20 Å². The van der Waals surface area contributed by atoms with E-state index in [1.54, 1.807) is 6.20 Å². The quantitative estimate of drug-likeness (QED) is 0.816. The van der Waals surface area contributed by atoms with Crippen LogP contribution in [-0.4, -0.2) is 28.0 Å². The molecular weight excluding hydrogens is 228 g/mol. The van der Waals surface area contributed by atoms with Gasteiger partial charge in [0.2, 0.25) is 5.91 Å². The molecule has 5 nitrogen and oxygen atoms in total. The summed E-state index contributed by atoms with van der Waals surface area (Å²) in [4.78, 5) is 16.2. The standard InChI is InChI=1S/C13H22N4O/c1-10(2)9-17-7-6-15-12(17)8-16-13(18)11-4-3-5-14-11/h6-7,10-11,14H,3-5,8-9H2,1-2H3,(H,16,18)/t11-/m0/s1. The topological polar surface area (TPSA) is 59.0 Å². The lowest BCUT2D eigenvalue weighted by Crippen LogP contribution is -2.40. The molecule has 1 aliphatic heterocycles. The predicted octanol–water partition coefficient (Wildman–Crippen LogP) is 0.907. The Bertz CT molecular complexity index is 393. The second-order valence-electron chi connectivity index (χ2n) is 5.26. The zero-order chi connectivity index (χ0) is 13.0. The number of hydrogen-bond acceptors (Lipinski definition) is 3.